The van der Waals surface area contributed by atoms with Gasteiger partial charge in [-0.2, -0.15) is 5.10 Å². The number of nitrogens with zero attached hydrogens (tertiary/aromatic N) is 2. The number of aromatic nitrogens is 2. The van der Waals surface area contributed by atoms with Crippen LogP contribution in [0.1, 0.15) is 26.0 Å². The Hall–Kier alpha value is -0.900. The highest BCUT2D eigenvalue weighted by atomic mass is 19.1. The van der Waals surface area contributed by atoms with Gasteiger partial charge in [-0.15, -0.1) is 0 Å². The van der Waals surface area contributed by atoms with Crippen LogP contribution >= 0.6 is 0 Å². The second kappa shape index (κ2) is 5.75. The molecule has 80 valence electrons. The van der Waals surface area contributed by atoms with Gasteiger partial charge in [0.25, 0.3) is 0 Å². The first-order valence-electron chi connectivity index (χ1n) is 4.96. The monoisotopic (exact) mass is 200 g/mol. The maximum Gasteiger partial charge on any atom is 0.109 e. The van der Waals surface area contributed by atoms with E-state index in [1.807, 2.05) is 13.0 Å². The van der Waals surface area contributed by atoms with E-state index in [1.54, 1.807) is 10.9 Å². The van der Waals surface area contributed by atoms with Crippen molar-refractivity contribution in [3.63, 3.8) is 0 Å². The minimum atomic E-state index is -0.391. The lowest BCUT2D eigenvalue weighted by Crippen LogP contribution is -2.11. The minimum absolute atomic E-state index is 0.240. The van der Waals surface area contributed by atoms with E-state index in [1.165, 1.54) is 0 Å². The molecule has 0 spiro atoms. The van der Waals surface area contributed by atoms with Crippen LogP contribution in [-0.2, 0) is 17.9 Å². The number of ether oxygens (including phenoxy) is 1. The van der Waals surface area contributed by atoms with Gasteiger partial charge in [0, 0.05) is 6.20 Å². The summed E-state index contributed by atoms with van der Waals surface area (Å²) in [5, 5.41) is 4.01. The highest BCUT2D eigenvalue weighted by Crippen LogP contribution is 2.05. The molecule has 0 aliphatic rings. The SMILES string of the molecule is CCC(C)OCc1ccnn1CCF. The molecule has 0 aliphatic heterocycles. The van der Waals surface area contributed by atoms with Gasteiger partial charge in [0.2, 0.25) is 0 Å². The second-order valence-corrected chi connectivity index (χ2v) is 3.26. The minimum Gasteiger partial charge on any atom is -0.372 e. The van der Waals surface area contributed by atoms with Crippen molar-refractivity contribution in [2.75, 3.05) is 6.67 Å². The standard InChI is InChI=1S/C10H17FN2O/c1-3-9(2)14-8-10-4-6-12-13(10)7-5-11/h4,6,9H,3,5,7-8H2,1-2H3. The third-order valence-electron chi connectivity index (χ3n) is 2.19. The Bertz CT molecular complexity index is 262. The van der Waals surface area contributed by atoms with Crippen LogP contribution in [0.3, 0.4) is 0 Å². The highest BCUT2D eigenvalue weighted by Gasteiger charge is 2.04. The Labute approximate surface area is 83.9 Å². The number of halogens is 1. The summed E-state index contributed by atoms with van der Waals surface area (Å²) in [4.78, 5) is 0. The van der Waals surface area contributed by atoms with Crippen LogP contribution in [0.25, 0.3) is 0 Å². The molecule has 0 aliphatic carbocycles. The molecule has 0 bridgehead atoms. The molecular weight excluding hydrogens is 183 g/mol. The lowest BCUT2D eigenvalue weighted by atomic mass is 10.3. The van der Waals surface area contributed by atoms with Crippen LogP contribution in [0.15, 0.2) is 12.3 Å². The molecule has 0 radical (unpaired) electrons. The van der Waals surface area contributed by atoms with Crippen molar-refractivity contribution in [3.05, 3.63) is 18.0 Å². The van der Waals surface area contributed by atoms with Crippen LogP contribution in [0.5, 0.6) is 0 Å². The zero-order valence-corrected chi connectivity index (χ0v) is 8.74. The van der Waals surface area contributed by atoms with Gasteiger partial charge in [-0.3, -0.25) is 4.68 Å². The molecule has 1 atom stereocenters. The van der Waals surface area contributed by atoms with Gasteiger partial charge in [-0.05, 0) is 19.4 Å². The molecule has 0 N–H and O–H groups in total. The van der Waals surface area contributed by atoms with Gasteiger partial charge in [0.05, 0.1) is 24.9 Å². The van der Waals surface area contributed by atoms with Gasteiger partial charge < -0.3 is 4.74 Å². The van der Waals surface area contributed by atoms with Crippen LogP contribution in [-0.4, -0.2) is 22.6 Å². The molecule has 0 fully saturated rings. The third kappa shape index (κ3) is 3.10. The van der Waals surface area contributed by atoms with Crippen LogP contribution in [0, 0.1) is 0 Å². The van der Waals surface area contributed by atoms with E-state index in [0.29, 0.717) is 13.2 Å². The lowest BCUT2D eigenvalue weighted by molar-refractivity contribution is 0.0465. The molecule has 14 heavy (non-hydrogen) atoms. The van der Waals surface area contributed by atoms with Crippen LogP contribution < -0.4 is 0 Å². The van der Waals surface area contributed by atoms with E-state index in [-0.39, 0.29) is 6.10 Å². The molecule has 1 unspecified atom stereocenters. The number of alkyl halides is 1. The van der Waals surface area contributed by atoms with Crippen LogP contribution in [0.4, 0.5) is 4.39 Å². The van der Waals surface area contributed by atoms with Crippen molar-refractivity contribution in [1.29, 1.82) is 0 Å². The molecule has 3 nitrogen and oxygen atoms in total. The molecule has 0 saturated carbocycles. The Morgan fingerprint density at radius 2 is 2.43 bits per heavy atom. The summed E-state index contributed by atoms with van der Waals surface area (Å²) in [6.07, 6.45) is 2.89. The first-order chi connectivity index (χ1) is 6.77. The van der Waals surface area contributed by atoms with Crippen molar-refractivity contribution >= 4 is 0 Å². The zero-order chi connectivity index (χ0) is 10.4. The normalized spacial score (nSPS) is 13.1. The number of aryl methyl sites for hydroxylation is 1. The average Bonchev–Trinajstić information content (AvgIpc) is 2.62. The molecule has 1 aromatic rings. The molecule has 0 amide bonds. The summed E-state index contributed by atoms with van der Waals surface area (Å²) in [7, 11) is 0. The molecular formula is C10H17FN2O. The van der Waals surface area contributed by atoms with Crippen molar-refractivity contribution < 1.29 is 9.13 Å². The van der Waals surface area contributed by atoms with E-state index >= 15 is 0 Å². The van der Waals surface area contributed by atoms with Crippen molar-refractivity contribution in [3.8, 4) is 0 Å². The fourth-order valence-corrected chi connectivity index (χ4v) is 1.11. The number of hydrogen-bond donors (Lipinski definition) is 0. The largest absolute Gasteiger partial charge is 0.372 e. The van der Waals surface area contributed by atoms with E-state index < -0.39 is 6.67 Å². The molecule has 0 aromatic carbocycles. The van der Waals surface area contributed by atoms with E-state index in [2.05, 4.69) is 12.0 Å². The second-order valence-electron chi connectivity index (χ2n) is 3.26. The predicted octanol–water partition coefficient (Wildman–Crippen LogP) is 2.17. The fourth-order valence-electron chi connectivity index (χ4n) is 1.11. The molecule has 0 saturated heterocycles. The van der Waals surface area contributed by atoms with Gasteiger partial charge >= 0.3 is 0 Å². The Morgan fingerprint density at radius 3 is 3.07 bits per heavy atom. The highest BCUT2D eigenvalue weighted by molar-refractivity contribution is 4.98. The van der Waals surface area contributed by atoms with E-state index in [0.717, 1.165) is 12.1 Å². The summed E-state index contributed by atoms with van der Waals surface area (Å²) in [5.41, 5.74) is 0.933. The van der Waals surface area contributed by atoms with Gasteiger partial charge in [-0.25, -0.2) is 4.39 Å². The van der Waals surface area contributed by atoms with Crippen molar-refractivity contribution in [2.24, 2.45) is 0 Å². The van der Waals surface area contributed by atoms with Crippen LogP contribution in [0.2, 0.25) is 0 Å². The van der Waals surface area contributed by atoms with Gasteiger partial charge in [0.15, 0.2) is 0 Å². The summed E-state index contributed by atoms with van der Waals surface area (Å²) >= 11 is 0. The number of hydrogen-bond acceptors (Lipinski definition) is 2. The maximum absolute atomic E-state index is 12.1. The third-order valence-corrected chi connectivity index (χ3v) is 2.19. The Kier molecular flexibility index (Phi) is 4.59. The van der Waals surface area contributed by atoms with E-state index in [4.69, 9.17) is 4.74 Å². The van der Waals surface area contributed by atoms with Gasteiger partial charge in [-0.1, -0.05) is 6.92 Å². The topological polar surface area (TPSA) is 27.1 Å². The summed E-state index contributed by atoms with van der Waals surface area (Å²) < 4.78 is 19.3. The quantitative estimate of drug-likeness (QED) is 0.703. The van der Waals surface area contributed by atoms with Gasteiger partial charge in [0.1, 0.15) is 6.67 Å². The average molecular weight is 200 g/mol. The number of rotatable bonds is 6. The summed E-state index contributed by atoms with van der Waals surface area (Å²) in [5.74, 6) is 0. The smallest absolute Gasteiger partial charge is 0.109 e. The molecule has 4 heteroatoms. The first kappa shape index (κ1) is 11.2. The Balaban J connectivity index is 2.45. The summed E-state index contributed by atoms with van der Waals surface area (Å²) in [6, 6.07) is 1.86. The van der Waals surface area contributed by atoms with Crippen molar-refractivity contribution in [1.82, 2.24) is 9.78 Å². The fraction of sp³-hybridized carbons (Fsp3) is 0.700. The molecule has 1 aromatic heterocycles. The predicted molar refractivity (Wildman–Crippen MR) is 52.7 cm³/mol. The molecule has 1 heterocycles. The van der Waals surface area contributed by atoms with Crippen molar-refractivity contribution in [2.45, 2.75) is 39.5 Å². The Morgan fingerprint density at radius 1 is 1.64 bits per heavy atom. The first-order valence-corrected chi connectivity index (χ1v) is 4.96. The van der Waals surface area contributed by atoms with E-state index in [9.17, 15) is 4.39 Å². The zero-order valence-electron chi connectivity index (χ0n) is 8.74. The summed E-state index contributed by atoms with van der Waals surface area (Å²) in [6.45, 7) is 4.53. The lowest BCUT2D eigenvalue weighted by Gasteiger charge is -2.11. The maximum atomic E-state index is 12.1. The molecule has 1 rings (SSSR count).